The number of ketones is 2. The van der Waals surface area contributed by atoms with E-state index in [1.165, 1.54) is 0 Å². The standard InChI is InChI=1S/C15H22N2O3/c1-3-15(2)7-5-4-6-12(15)13(19)8-11(18)10-17-14(20)9-16/h4-7,12H,3,8-10,16H2,1-2H3,(H,17,20). The van der Waals surface area contributed by atoms with Gasteiger partial charge in [0.05, 0.1) is 19.5 Å². The summed E-state index contributed by atoms with van der Waals surface area (Å²) in [6, 6.07) is 0. The number of hydrogen-bond donors (Lipinski definition) is 2. The second-order valence-electron chi connectivity index (χ2n) is 5.24. The number of nitrogens with two attached hydrogens (primary N) is 1. The van der Waals surface area contributed by atoms with Crippen LogP contribution in [-0.4, -0.2) is 30.6 Å². The lowest BCUT2D eigenvalue weighted by Gasteiger charge is -2.33. The third kappa shape index (κ3) is 4.13. The Balaban J connectivity index is 2.58. The van der Waals surface area contributed by atoms with E-state index in [-0.39, 0.29) is 42.4 Å². The van der Waals surface area contributed by atoms with Gasteiger partial charge in [0.2, 0.25) is 5.91 Å². The number of allylic oxidation sites excluding steroid dienone is 4. The van der Waals surface area contributed by atoms with Gasteiger partial charge in [-0.15, -0.1) is 0 Å². The molecule has 0 aromatic heterocycles. The SMILES string of the molecule is CCC1(C)C=CC=CC1C(=O)CC(=O)CNC(=O)CN. The molecule has 5 heteroatoms. The summed E-state index contributed by atoms with van der Waals surface area (Å²) in [5.74, 6) is -1.09. The van der Waals surface area contributed by atoms with Crippen LogP contribution in [0, 0.1) is 11.3 Å². The molecular weight excluding hydrogens is 256 g/mol. The zero-order valence-corrected chi connectivity index (χ0v) is 12.0. The van der Waals surface area contributed by atoms with Gasteiger partial charge in [-0.1, -0.05) is 38.2 Å². The van der Waals surface area contributed by atoms with Crippen LogP contribution in [0.5, 0.6) is 0 Å². The summed E-state index contributed by atoms with van der Waals surface area (Å²) in [5, 5.41) is 2.38. The van der Waals surface area contributed by atoms with E-state index in [1.54, 1.807) is 0 Å². The molecule has 2 atom stereocenters. The summed E-state index contributed by atoms with van der Waals surface area (Å²) in [7, 11) is 0. The van der Waals surface area contributed by atoms with Gasteiger partial charge in [-0.2, -0.15) is 0 Å². The number of hydrogen-bond acceptors (Lipinski definition) is 4. The van der Waals surface area contributed by atoms with E-state index in [9.17, 15) is 14.4 Å². The zero-order chi connectivity index (χ0) is 15.2. The van der Waals surface area contributed by atoms with Crippen LogP contribution in [0.4, 0.5) is 0 Å². The first-order valence-electron chi connectivity index (χ1n) is 6.80. The predicted molar refractivity (Wildman–Crippen MR) is 76.9 cm³/mol. The maximum atomic E-state index is 12.3. The molecule has 0 fully saturated rings. The Hall–Kier alpha value is -1.75. The molecule has 0 saturated carbocycles. The normalized spacial score (nSPS) is 24.4. The van der Waals surface area contributed by atoms with Gasteiger partial charge in [0, 0.05) is 5.92 Å². The summed E-state index contributed by atoms with van der Waals surface area (Å²) in [4.78, 5) is 34.9. The lowest BCUT2D eigenvalue weighted by atomic mass is 9.70. The Morgan fingerprint density at radius 2 is 2.00 bits per heavy atom. The quantitative estimate of drug-likeness (QED) is 0.672. The minimum atomic E-state index is -0.398. The highest BCUT2D eigenvalue weighted by Gasteiger charge is 2.35. The van der Waals surface area contributed by atoms with E-state index >= 15 is 0 Å². The van der Waals surface area contributed by atoms with Crippen LogP contribution in [0.2, 0.25) is 0 Å². The Kier molecular flexibility index (Phi) is 5.82. The fraction of sp³-hybridized carbons (Fsp3) is 0.533. The van der Waals surface area contributed by atoms with Gasteiger partial charge in [0.1, 0.15) is 5.78 Å². The summed E-state index contributed by atoms with van der Waals surface area (Å²) in [5.41, 5.74) is 4.88. The maximum Gasteiger partial charge on any atom is 0.234 e. The van der Waals surface area contributed by atoms with Gasteiger partial charge in [0.15, 0.2) is 5.78 Å². The monoisotopic (exact) mass is 278 g/mol. The van der Waals surface area contributed by atoms with Crippen LogP contribution in [0.15, 0.2) is 24.3 Å². The van der Waals surface area contributed by atoms with Crippen molar-refractivity contribution in [2.24, 2.45) is 17.1 Å². The van der Waals surface area contributed by atoms with E-state index in [2.05, 4.69) is 5.32 Å². The molecule has 1 rings (SSSR count). The third-order valence-electron chi connectivity index (χ3n) is 3.75. The fourth-order valence-corrected chi connectivity index (χ4v) is 2.22. The molecule has 0 spiro atoms. The summed E-state index contributed by atoms with van der Waals surface area (Å²) < 4.78 is 0. The summed E-state index contributed by atoms with van der Waals surface area (Å²) >= 11 is 0. The van der Waals surface area contributed by atoms with Gasteiger partial charge in [-0.3, -0.25) is 14.4 Å². The Morgan fingerprint density at radius 3 is 2.60 bits per heavy atom. The highest BCUT2D eigenvalue weighted by Crippen LogP contribution is 2.37. The van der Waals surface area contributed by atoms with E-state index in [0.717, 1.165) is 6.42 Å². The fourth-order valence-electron chi connectivity index (χ4n) is 2.22. The molecule has 0 aromatic rings. The molecule has 1 aliphatic carbocycles. The minimum absolute atomic E-state index is 0.109. The van der Waals surface area contributed by atoms with Crippen LogP contribution in [0.25, 0.3) is 0 Å². The summed E-state index contributed by atoms with van der Waals surface area (Å²) in [6.07, 6.45) is 8.27. The van der Waals surface area contributed by atoms with Crippen molar-refractivity contribution in [1.29, 1.82) is 0 Å². The molecule has 5 nitrogen and oxygen atoms in total. The average molecular weight is 278 g/mol. The highest BCUT2D eigenvalue weighted by atomic mass is 16.2. The first kappa shape index (κ1) is 16.3. The second kappa shape index (κ2) is 7.14. The first-order chi connectivity index (χ1) is 9.42. The molecule has 1 aliphatic rings. The molecule has 0 saturated heterocycles. The topological polar surface area (TPSA) is 89.3 Å². The van der Waals surface area contributed by atoms with E-state index in [4.69, 9.17) is 5.73 Å². The van der Waals surface area contributed by atoms with Gasteiger partial charge in [-0.25, -0.2) is 0 Å². The predicted octanol–water partition coefficient (Wildman–Crippen LogP) is 0.748. The number of carbonyl (C=O) groups is 3. The average Bonchev–Trinajstić information content (AvgIpc) is 2.44. The lowest BCUT2D eigenvalue weighted by Crippen LogP contribution is -2.37. The van der Waals surface area contributed by atoms with Gasteiger partial charge in [0.25, 0.3) is 0 Å². The van der Waals surface area contributed by atoms with Gasteiger partial charge in [-0.05, 0) is 11.8 Å². The van der Waals surface area contributed by atoms with Crippen LogP contribution in [-0.2, 0) is 14.4 Å². The van der Waals surface area contributed by atoms with Crippen LogP contribution < -0.4 is 11.1 Å². The third-order valence-corrected chi connectivity index (χ3v) is 3.75. The van der Waals surface area contributed by atoms with Crippen molar-refractivity contribution < 1.29 is 14.4 Å². The smallest absolute Gasteiger partial charge is 0.234 e. The number of amides is 1. The molecule has 0 bridgehead atoms. The molecule has 1 amide bonds. The van der Waals surface area contributed by atoms with Crippen molar-refractivity contribution in [3.63, 3.8) is 0 Å². The van der Waals surface area contributed by atoms with Gasteiger partial charge >= 0.3 is 0 Å². The molecule has 2 unspecified atom stereocenters. The largest absolute Gasteiger partial charge is 0.348 e. The molecule has 0 aromatic carbocycles. The minimum Gasteiger partial charge on any atom is -0.348 e. The van der Waals surface area contributed by atoms with Crippen molar-refractivity contribution in [1.82, 2.24) is 5.32 Å². The Morgan fingerprint density at radius 1 is 1.30 bits per heavy atom. The molecule has 0 radical (unpaired) electrons. The second-order valence-corrected chi connectivity index (χ2v) is 5.24. The van der Waals surface area contributed by atoms with E-state index in [0.29, 0.717) is 0 Å². The number of rotatable bonds is 7. The number of Topliss-reactive ketones (excluding diaryl/α,β-unsaturated/α-hetero) is 2. The van der Waals surface area contributed by atoms with Crippen molar-refractivity contribution >= 4 is 17.5 Å². The van der Waals surface area contributed by atoms with E-state index in [1.807, 2.05) is 38.2 Å². The molecule has 20 heavy (non-hydrogen) atoms. The molecule has 110 valence electrons. The van der Waals surface area contributed by atoms with Crippen LogP contribution in [0.1, 0.15) is 26.7 Å². The van der Waals surface area contributed by atoms with Crippen LogP contribution in [0.3, 0.4) is 0 Å². The molecular formula is C15H22N2O3. The van der Waals surface area contributed by atoms with Crippen molar-refractivity contribution in [3.05, 3.63) is 24.3 Å². The van der Waals surface area contributed by atoms with Crippen LogP contribution >= 0.6 is 0 Å². The maximum absolute atomic E-state index is 12.3. The van der Waals surface area contributed by atoms with Crippen molar-refractivity contribution in [3.8, 4) is 0 Å². The lowest BCUT2D eigenvalue weighted by molar-refractivity contribution is -0.131. The van der Waals surface area contributed by atoms with E-state index < -0.39 is 5.91 Å². The Labute approximate surface area is 119 Å². The van der Waals surface area contributed by atoms with Crippen molar-refractivity contribution in [2.45, 2.75) is 26.7 Å². The highest BCUT2D eigenvalue weighted by molar-refractivity contribution is 6.02. The number of nitrogens with one attached hydrogen (secondary N) is 1. The number of carbonyl (C=O) groups excluding carboxylic acids is 3. The first-order valence-corrected chi connectivity index (χ1v) is 6.80. The molecule has 0 aliphatic heterocycles. The zero-order valence-electron chi connectivity index (χ0n) is 12.0. The van der Waals surface area contributed by atoms with Crippen molar-refractivity contribution in [2.75, 3.05) is 13.1 Å². The van der Waals surface area contributed by atoms with Gasteiger partial charge < -0.3 is 11.1 Å². The molecule has 0 heterocycles. The summed E-state index contributed by atoms with van der Waals surface area (Å²) in [6.45, 7) is 3.73. The molecule has 3 N–H and O–H groups in total. The Bertz CT molecular complexity index is 454.